The van der Waals surface area contributed by atoms with Crippen molar-refractivity contribution in [3.63, 3.8) is 0 Å². The molecule has 148 valence electrons. The zero-order chi connectivity index (χ0) is 21.0. The number of nitrogens with one attached hydrogen (secondary N) is 1. The zero-order valence-corrected chi connectivity index (χ0v) is 18.3. The average Bonchev–Trinajstić information content (AvgIpc) is 2.71. The Morgan fingerprint density at radius 1 is 1.00 bits per heavy atom. The molecule has 0 unspecified atom stereocenters. The van der Waals surface area contributed by atoms with Gasteiger partial charge < -0.3 is 10.1 Å². The molecule has 0 aliphatic heterocycles. The molecule has 0 bridgehead atoms. The van der Waals surface area contributed by atoms with Crippen LogP contribution in [-0.2, 0) is 9.53 Å². The summed E-state index contributed by atoms with van der Waals surface area (Å²) in [5, 5.41) is 3.12. The van der Waals surface area contributed by atoms with Crippen LogP contribution in [0.3, 0.4) is 0 Å². The molecule has 3 aromatic rings. The minimum Gasteiger partial charge on any atom is -0.444 e. The van der Waals surface area contributed by atoms with Gasteiger partial charge in [0.25, 0.3) is 5.91 Å². The van der Waals surface area contributed by atoms with Crippen molar-refractivity contribution in [1.82, 2.24) is 0 Å². The molecule has 1 N–H and O–H groups in total. The third-order valence-corrected chi connectivity index (χ3v) is 5.19. The van der Waals surface area contributed by atoms with Gasteiger partial charge in [0.15, 0.2) is 0 Å². The van der Waals surface area contributed by atoms with Crippen molar-refractivity contribution in [2.45, 2.75) is 20.0 Å². The molecule has 1 amide bonds. The van der Waals surface area contributed by atoms with Crippen molar-refractivity contribution in [2.75, 3.05) is 5.32 Å². The Hall–Kier alpha value is -2.63. The van der Waals surface area contributed by atoms with E-state index in [0.717, 1.165) is 11.1 Å². The van der Waals surface area contributed by atoms with E-state index in [1.165, 1.54) is 0 Å². The number of esters is 1. The number of carbonyl (C=O) groups excluding carboxylic acids is 2. The lowest BCUT2D eigenvalue weighted by atomic mass is 10.1. The molecule has 0 saturated heterocycles. The quantitative estimate of drug-likeness (QED) is 0.446. The Morgan fingerprint density at radius 3 is 2.45 bits per heavy atom. The number of benzene rings is 3. The molecule has 0 spiro atoms. The first-order valence-electron chi connectivity index (χ1n) is 8.94. The van der Waals surface area contributed by atoms with Crippen LogP contribution < -0.4 is 5.32 Å². The Bertz CT molecular complexity index is 1050. The molecule has 0 aliphatic carbocycles. The lowest BCUT2D eigenvalue weighted by molar-refractivity contribution is -0.125. The number of hydrogen-bond donors (Lipinski definition) is 1. The van der Waals surface area contributed by atoms with Crippen molar-refractivity contribution >= 4 is 45.1 Å². The summed E-state index contributed by atoms with van der Waals surface area (Å²) in [6, 6.07) is 19.5. The first-order valence-corrected chi connectivity index (χ1v) is 10.1. The molecule has 29 heavy (non-hydrogen) atoms. The monoisotopic (exact) mass is 471 g/mol. The van der Waals surface area contributed by atoms with Gasteiger partial charge >= 0.3 is 5.97 Å². The molecule has 0 heterocycles. The zero-order valence-electron chi connectivity index (χ0n) is 15.9. The summed E-state index contributed by atoms with van der Waals surface area (Å²) < 4.78 is 6.29. The van der Waals surface area contributed by atoms with Gasteiger partial charge in [0, 0.05) is 15.7 Å². The lowest BCUT2D eigenvalue weighted by Gasteiger charge is -2.19. The highest BCUT2D eigenvalue weighted by molar-refractivity contribution is 9.10. The highest BCUT2D eigenvalue weighted by Crippen LogP contribution is 2.27. The van der Waals surface area contributed by atoms with Gasteiger partial charge in [-0.05, 0) is 49.2 Å². The smallest absolute Gasteiger partial charge is 0.340 e. The van der Waals surface area contributed by atoms with Crippen LogP contribution in [0.2, 0.25) is 5.02 Å². The Labute approximate surface area is 183 Å². The van der Waals surface area contributed by atoms with Crippen LogP contribution in [0.4, 0.5) is 5.69 Å². The van der Waals surface area contributed by atoms with Gasteiger partial charge in [-0.3, -0.25) is 4.79 Å². The van der Waals surface area contributed by atoms with Gasteiger partial charge in [0.05, 0.1) is 10.6 Å². The van der Waals surface area contributed by atoms with Crippen LogP contribution in [0.1, 0.15) is 33.2 Å². The van der Waals surface area contributed by atoms with Crippen LogP contribution >= 0.6 is 27.5 Å². The SMILES string of the molecule is Cc1ccc(C)c(NC(=O)[C@H](OC(=O)c2cc(Br)ccc2Cl)c2ccccc2)c1. The molecule has 0 aliphatic rings. The van der Waals surface area contributed by atoms with Gasteiger partial charge in [-0.25, -0.2) is 4.79 Å². The largest absolute Gasteiger partial charge is 0.444 e. The Balaban J connectivity index is 1.91. The molecule has 3 rings (SSSR count). The van der Waals surface area contributed by atoms with E-state index in [1.54, 1.807) is 42.5 Å². The van der Waals surface area contributed by atoms with Crippen molar-refractivity contribution < 1.29 is 14.3 Å². The number of carbonyl (C=O) groups is 2. The molecular weight excluding hydrogens is 454 g/mol. The molecule has 0 radical (unpaired) electrons. The third kappa shape index (κ3) is 5.25. The van der Waals surface area contributed by atoms with Crippen molar-refractivity contribution in [3.8, 4) is 0 Å². The fraction of sp³-hybridized carbons (Fsp3) is 0.130. The molecule has 0 fully saturated rings. The number of ether oxygens (including phenoxy) is 1. The second-order valence-corrected chi connectivity index (χ2v) is 7.95. The lowest BCUT2D eigenvalue weighted by Crippen LogP contribution is -2.26. The number of hydrogen-bond acceptors (Lipinski definition) is 3. The summed E-state index contributed by atoms with van der Waals surface area (Å²) >= 11 is 9.46. The van der Waals surface area contributed by atoms with E-state index in [0.29, 0.717) is 15.7 Å². The van der Waals surface area contributed by atoms with Crippen molar-refractivity contribution in [1.29, 1.82) is 0 Å². The number of anilines is 1. The van der Waals surface area contributed by atoms with Gasteiger partial charge in [-0.2, -0.15) is 0 Å². The van der Waals surface area contributed by atoms with E-state index in [1.807, 2.05) is 38.1 Å². The number of halogens is 2. The Morgan fingerprint density at radius 2 is 1.72 bits per heavy atom. The normalized spacial score (nSPS) is 11.6. The molecule has 4 nitrogen and oxygen atoms in total. The number of amides is 1. The minimum atomic E-state index is -1.13. The molecule has 0 aromatic heterocycles. The van der Waals surface area contributed by atoms with E-state index in [-0.39, 0.29) is 10.6 Å². The van der Waals surface area contributed by atoms with Crippen LogP contribution in [0.25, 0.3) is 0 Å². The maximum Gasteiger partial charge on any atom is 0.340 e. The summed E-state index contributed by atoms with van der Waals surface area (Å²) in [5.41, 5.74) is 3.35. The summed E-state index contributed by atoms with van der Waals surface area (Å²) in [4.78, 5) is 25.8. The van der Waals surface area contributed by atoms with E-state index in [4.69, 9.17) is 16.3 Å². The third-order valence-electron chi connectivity index (χ3n) is 4.36. The van der Waals surface area contributed by atoms with Crippen LogP contribution in [0.15, 0.2) is 71.2 Å². The maximum absolute atomic E-state index is 13.1. The fourth-order valence-corrected chi connectivity index (χ4v) is 3.35. The van der Waals surface area contributed by atoms with Crippen molar-refractivity contribution in [3.05, 3.63) is 98.5 Å². The standard InChI is InChI=1S/C23H19BrClNO3/c1-14-8-9-15(2)20(12-14)26-22(27)21(16-6-4-3-5-7-16)29-23(28)18-13-17(24)10-11-19(18)25/h3-13,21H,1-2H3,(H,26,27)/t21-/m1/s1. The summed E-state index contributed by atoms with van der Waals surface area (Å²) in [5.74, 6) is -1.12. The predicted octanol–water partition coefficient (Wildman–Crippen LogP) is 6.26. The predicted molar refractivity (Wildman–Crippen MR) is 118 cm³/mol. The molecular formula is C23H19BrClNO3. The van der Waals surface area contributed by atoms with E-state index in [9.17, 15) is 9.59 Å². The number of rotatable bonds is 5. The highest BCUT2D eigenvalue weighted by atomic mass is 79.9. The number of aryl methyl sites for hydroxylation is 2. The summed E-state index contributed by atoms with van der Waals surface area (Å²) in [7, 11) is 0. The van der Waals surface area contributed by atoms with Crippen LogP contribution in [0.5, 0.6) is 0 Å². The fourth-order valence-electron chi connectivity index (χ4n) is 2.79. The molecule has 1 atom stereocenters. The van der Waals surface area contributed by atoms with Gasteiger partial charge in [-0.15, -0.1) is 0 Å². The summed E-state index contributed by atoms with van der Waals surface area (Å²) in [6.07, 6.45) is -1.13. The van der Waals surface area contributed by atoms with E-state index >= 15 is 0 Å². The van der Waals surface area contributed by atoms with Gasteiger partial charge in [-0.1, -0.05) is 70.0 Å². The Kier molecular flexibility index (Phi) is 6.72. The molecule has 3 aromatic carbocycles. The first-order chi connectivity index (χ1) is 13.8. The van der Waals surface area contributed by atoms with Crippen molar-refractivity contribution in [2.24, 2.45) is 0 Å². The first kappa shape index (κ1) is 21.1. The van der Waals surface area contributed by atoms with Crippen LogP contribution in [-0.4, -0.2) is 11.9 Å². The molecule has 6 heteroatoms. The maximum atomic E-state index is 13.1. The summed E-state index contributed by atoms with van der Waals surface area (Å²) in [6.45, 7) is 3.85. The van der Waals surface area contributed by atoms with Crippen LogP contribution in [0, 0.1) is 13.8 Å². The second-order valence-electron chi connectivity index (χ2n) is 6.63. The van der Waals surface area contributed by atoms with Gasteiger partial charge in [0.2, 0.25) is 6.10 Å². The van der Waals surface area contributed by atoms with Gasteiger partial charge in [0.1, 0.15) is 0 Å². The molecule has 0 saturated carbocycles. The topological polar surface area (TPSA) is 55.4 Å². The minimum absolute atomic E-state index is 0.182. The van der Waals surface area contributed by atoms with E-state index in [2.05, 4.69) is 21.2 Å². The second kappa shape index (κ2) is 9.25. The average molecular weight is 473 g/mol. The highest BCUT2D eigenvalue weighted by Gasteiger charge is 2.27. The van der Waals surface area contributed by atoms with E-state index < -0.39 is 18.0 Å².